The summed E-state index contributed by atoms with van der Waals surface area (Å²) in [5.74, 6) is -0.781. The summed E-state index contributed by atoms with van der Waals surface area (Å²) in [4.78, 5) is 27.9. The SMILES string of the molecule is Cc1cc(CCCC(=O)N(CCC(=O)O)C2CCOCC2)c(C)s1. The minimum atomic E-state index is -0.857. The van der Waals surface area contributed by atoms with Crippen molar-refractivity contribution in [3.8, 4) is 0 Å². The Labute approximate surface area is 147 Å². The summed E-state index contributed by atoms with van der Waals surface area (Å²) in [6.45, 7) is 5.82. The maximum absolute atomic E-state index is 12.6. The van der Waals surface area contributed by atoms with Crippen LogP contribution < -0.4 is 0 Å². The van der Waals surface area contributed by atoms with E-state index >= 15 is 0 Å². The molecule has 1 fully saturated rings. The van der Waals surface area contributed by atoms with E-state index in [4.69, 9.17) is 9.84 Å². The van der Waals surface area contributed by atoms with E-state index in [0.29, 0.717) is 26.2 Å². The number of hydrogen-bond donors (Lipinski definition) is 1. The molecule has 0 aliphatic carbocycles. The Balaban J connectivity index is 1.88. The van der Waals surface area contributed by atoms with Crippen molar-refractivity contribution in [2.45, 2.75) is 58.4 Å². The average molecular weight is 353 g/mol. The highest BCUT2D eigenvalue weighted by atomic mass is 32.1. The van der Waals surface area contributed by atoms with Crippen molar-refractivity contribution < 1.29 is 19.4 Å². The normalized spacial score (nSPS) is 15.4. The number of ether oxygens (including phenoxy) is 1. The quantitative estimate of drug-likeness (QED) is 0.779. The molecule has 1 amide bonds. The second-order valence-corrected chi connectivity index (χ2v) is 7.83. The van der Waals surface area contributed by atoms with E-state index in [1.165, 1.54) is 15.3 Å². The molecule has 0 radical (unpaired) electrons. The van der Waals surface area contributed by atoms with E-state index < -0.39 is 5.97 Å². The fourth-order valence-electron chi connectivity index (χ4n) is 3.23. The minimum absolute atomic E-state index is 0.00588. The van der Waals surface area contributed by atoms with E-state index in [-0.39, 0.29) is 18.4 Å². The molecule has 0 spiro atoms. The van der Waals surface area contributed by atoms with Crippen LogP contribution in [0.5, 0.6) is 0 Å². The molecule has 1 aromatic heterocycles. The number of carbonyl (C=O) groups excluding carboxylic acids is 1. The van der Waals surface area contributed by atoms with Gasteiger partial charge < -0.3 is 14.7 Å². The van der Waals surface area contributed by atoms with Gasteiger partial charge in [0.1, 0.15) is 0 Å². The van der Waals surface area contributed by atoms with Gasteiger partial charge in [-0.2, -0.15) is 0 Å². The predicted octanol–water partition coefficient (Wildman–Crippen LogP) is 3.17. The summed E-state index contributed by atoms with van der Waals surface area (Å²) < 4.78 is 5.36. The van der Waals surface area contributed by atoms with Gasteiger partial charge >= 0.3 is 5.97 Å². The van der Waals surface area contributed by atoms with Gasteiger partial charge in [-0.05, 0) is 51.2 Å². The predicted molar refractivity (Wildman–Crippen MR) is 94.5 cm³/mol. The molecule has 24 heavy (non-hydrogen) atoms. The Morgan fingerprint density at radius 2 is 2.00 bits per heavy atom. The van der Waals surface area contributed by atoms with E-state index in [2.05, 4.69) is 19.9 Å². The molecule has 6 heteroatoms. The van der Waals surface area contributed by atoms with Crippen LogP contribution in [0.25, 0.3) is 0 Å². The first-order valence-corrected chi connectivity index (χ1v) is 9.44. The first-order chi connectivity index (χ1) is 11.5. The lowest BCUT2D eigenvalue weighted by molar-refractivity contribution is -0.140. The third-order valence-corrected chi connectivity index (χ3v) is 5.51. The smallest absolute Gasteiger partial charge is 0.305 e. The first kappa shape index (κ1) is 18.9. The largest absolute Gasteiger partial charge is 0.481 e. The summed E-state index contributed by atoms with van der Waals surface area (Å²) in [6.07, 6.45) is 3.80. The summed E-state index contributed by atoms with van der Waals surface area (Å²) in [6, 6.07) is 2.32. The van der Waals surface area contributed by atoms with Crippen molar-refractivity contribution in [3.05, 3.63) is 21.4 Å². The third kappa shape index (κ3) is 5.60. The van der Waals surface area contributed by atoms with Crippen molar-refractivity contribution in [3.63, 3.8) is 0 Å². The number of hydrogen-bond acceptors (Lipinski definition) is 4. The highest BCUT2D eigenvalue weighted by Gasteiger charge is 2.25. The molecule has 1 N–H and O–H groups in total. The molecule has 5 nitrogen and oxygen atoms in total. The minimum Gasteiger partial charge on any atom is -0.481 e. The zero-order chi connectivity index (χ0) is 17.5. The Bertz CT molecular complexity index is 563. The van der Waals surface area contributed by atoms with Crippen LogP contribution >= 0.6 is 11.3 Å². The summed E-state index contributed by atoms with van der Waals surface area (Å²) >= 11 is 1.79. The van der Waals surface area contributed by atoms with Gasteiger partial charge in [-0.3, -0.25) is 9.59 Å². The Kier molecular flexibility index (Phi) is 7.24. The number of carboxylic acid groups (broad SMARTS) is 1. The van der Waals surface area contributed by atoms with Crippen LogP contribution in [0.1, 0.15) is 47.4 Å². The number of aliphatic carboxylic acids is 1. The maximum atomic E-state index is 12.6. The fourth-order valence-corrected chi connectivity index (χ4v) is 4.21. The average Bonchev–Trinajstić information content (AvgIpc) is 2.86. The number of carbonyl (C=O) groups is 2. The highest BCUT2D eigenvalue weighted by Crippen LogP contribution is 2.23. The molecule has 0 saturated carbocycles. The second kappa shape index (κ2) is 9.18. The Hall–Kier alpha value is -1.40. The maximum Gasteiger partial charge on any atom is 0.305 e. The van der Waals surface area contributed by atoms with Crippen LogP contribution in [0.15, 0.2) is 6.07 Å². The van der Waals surface area contributed by atoms with E-state index in [9.17, 15) is 9.59 Å². The number of carboxylic acids is 1. The van der Waals surface area contributed by atoms with Gasteiger partial charge in [0.2, 0.25) is 5.91 Å². The molecule has 0 bridgehead atoms. The molecule has 1 saturated heterocycles. The number of thiophene rings is 1. The van der Waals surface area contributed by atoms with Crippen LogP contribution in [0.3, 0.4) is 0 Å². The molecule has 0 aromatic carbocycles. The van der Waals surface area contributed by atoms with Crippen molar-refractivity contribution in [2.24, 2.45) is 0 Å². The monoisotopic (exact) mass is 353 g/mol. The molecular formula is C18H27NO4S. The second-order valence-electron chi connectivity index (χ2n) is 6.37. The fraction of sp³-hybridized carbons (Fsp3) is 0.667. The molecule has 2 heterocycles. The molecule has 0 unspecified atom stereocenters. The molecule has 0 atom stereocenters. The number of rotatable bonds is 8. The third-order valence-electron chi connectivity index (χ3n) is 4.50. The van der Waals surface area contributed by atoms with Crippen molar-refractivity contribution >= 4 is 23.2 Å². The lowest BCUT2D eigenvalue weighted by atomic mass is 10.0. The first-order valence-electron chi connectivity index (χ1n) is 8.62. The van der Waals surface area contributed by atoms with E-state index in [1.807, 2.05) is 0 Å². The van der Waals surface area contributed by atoms with E-state index in [1.54, 1.807) is 16.2 Å². The molecule has 2 rings (SSSR count). The Morgan fingerprint density at radius 1 is 1.29 bits per heavy atom. The number of nitrogens with zero attached hydrogens (tertiary/aromatic N) is 1. The van der Waals surface area contributed by atoms with Gasteiger partial charge in [-0.25, -0.2) is 0 Å². The van der Waals surface area contributed by atoms with Crippen LogP contribution in [0, 0.1) is 13.8 Å². The number of aryl methyl sites for hydroxylation is 3. The van der Waals surface area contributed by atoms with Gasteiger partial charge in [-0.1, -0.05) is 0 Å². The standard InChI is InChI=1S/C18H27NO4S/c1-13-12-15(14(2)24-13)4-3-5-17(20)19(9-6-18(21)22)16-7-10-23-11-8-16/h12,16H,3-11H2,1-2H3,(H,21,22). The van der Waals surface area contributed by atoms with Crippen molar-refractivity contribution in [1.29, 1.82) is 0 Å². The zero-order valence-corrected chi connectivity index (χ0v) is 15.4. The zero-order valence-electron chi connectivity index (χ0n) is 14.5. The molecule has 1 aliphatic heterocycles. The summed E-state index contributed by atoms with van der Waals surface area (Å²) in [5.41, 5.74) is 1.33. The molecule has 1 aliphatic rings. The van der Waals surface area contributed by atoms with Gasteiger partial charge in [0.25, 0.3) is 0 Å². The molecule has 134 valence electrons. The van der Waals surface area contributed by atoms with Gasteiger partial charge in [0.15, 0.2) is 0 Å². The lowest BCUT2D eigenvalue weighted by Gasteiger charge is -2.34. The van der Waals surface area contributed by atoms with Crippen molar-refractivity contribution in [1.82, 2.24) is 4.90 Å². The molecule has 1 aromatic rings. The van der Waals surface area contributed by atoms with E-state index in [0.717, 1.165) is 25.7 Å². The number of amides is 1. The Morgan fingerprint density at radius 3 is 2.58 bits per heavy atom. The van der Waals surface area contributed by atoms with Crippen LogP contribution in [-0.4, -0.2) is 47.7 Å². The van der Waals surface area contributed by atoms with Crippen LogP contribution in [-0.2, 0) is 20.7 Å². The van der Waals surface area contributed by atoms with Crippen molar-refractivity contribution in [2.75, 3.05) is 19.8 Å². The topological polar surface area (TPSA) is 66.8 Å². The van der Waals surface area contributed by atoms with Crippen LogP contribution in [0.4, 0.5) is 0 Å². The highest BCUT2D eigenvalue weighted by molar-refractivity contribution is 7.12. The van der Waals surface area contributed by atoms with Gasteiger partial charge in [-0.15, -0.1) is 11.3 Å². The van der Waals surface area contributed by atoms with Gasteiger partial charge in [0, 0.05) is 42.0 Å². The molecular weight excluding hydrogens is 326 g/mol. The summed E-state index contributed by atoms with van der Waals surface area (Å²) in [7, 11) is 0. The van der Waals surface area contributed by atoms with Crippen LogP contribution in [0.2, 0.25) is 0 Å². The van der Waals surface area contributed by atoms with Gasteiger partial charge in [0.05, 0.1) is 6.42 Å². The lowest BCUT2D eigenvalue weighted by Crippen LogP contribution is -2.44. The summed E-state index contributed by atoms with van der Waals surface area (Å²) in [5, 5.41) is 8.94.